The van der Waals surface area contributed by atoms with Gasteiger partial charge in [0.15, 0.2) is 0 Å². The van der Waals surface area contributed by atoms with E-state index in [4.69, 9.17) is 0 Å². The summed E-state index contributed by atoms with van der Waals surface area (Å²) >= 11 is 0. The van der Waals surface area contributed by atoms with Gasteiger partial charge in [-0.15, -0.1) is 6.58 Å². The fourth-order valence-electron chi connectivity index (χ4n) is 2.08. The third-order valence-corrected chi connectivity index (χ3v) is 2.68. The normalized spacial score (nSPS) is 22.8. The maximum absolute atomic E-state index is 3.36. The molecule has 0 aliphatic carbocycles. The van der Waals surface area contributed by atoms with Crippen LogP contribution in [0, 0.1) is 0 Å². The molecule has 2 aliphatic heterocycles. The van der Waals surface area contributed by atoms with E-state index in [0.29, 0.717) is 0 Å². The lowest BCUT2D eigenvalue weighted by Crippen LogP contribution is -2.27. The smallest absolute Gasteiger partial charge is 0.0209 e. The van der Waals surface area contributed by atoms with Gasteiger partial charge in [0, 0.05) is 26.2 Å². The molecule has 0 radical (unpaired) electrons. The predicted molar refractivity (Wildman–Crippen MR) is 62.5 cm³/mol. The molecular weight excluding hydrogens is 172 g/mol. The lowest BCUT2D eigenvalue weighted by atomic mass is 10.0. The van der Waals surface area contributed by atoms with Gasteiger partial charge in [0.05, 0.1) is 0 Å². The van der Waals surface area contributed by atoms with Gasteiger partial charge in [-0.2, -0.15) is 0 Å². The first kappa shape index (κ1) is 11.5. The van der Waals surface area contributed by atoms with E-state index in [0.717, 1.165) is 0 Å². The van der Waals surface area contributed by atoms with Gasteiger partial charge in [0.2, 0.25) is 0 Å². The molecule has 0 N–H and O–H groups in total. The Morgan fingerprint density at radius 3 is 2.21 bits per heavy atom. The molecule has 2 aliphatic rings. The Hall–Kier alpha value is -0.600. The van der Waals surface area contributed by atoms with Crippen molar-refractivity contribution in [2.45, 2.75) is 13.3 Å². The number of likely N-dealkylation sites (N-methyl/N-ethyl adjacent to an activating group) is 2. The standard InChI is InChI=1S/C9H16N2.C3H6/c1-10-4-3-8-5-11(2)7-9(8)6-10;1-3-2/h3-7H2,1-2H3;3H,1H2,2H3. The Balaban J connectivity index is 0.000000293. The summed E-state index contributed by atoms with van der Waals surface area (Å²) < 4.78 is 0. The third-order valence-electron chi connectivity index (χ3n) is 2.68. The summed E-state index contributed by atoms with van der Waals surface area (Å²) in [6.45, 7) is 10.1. The molecule has 0 aromatic carbocycles. The van der Waals surface area contributed by atoms with E-state index in [9.17, 15) is 0 Å². The quantitative estimate of drug-likeness (QED) is 0.542. The molecule has 0 aromatic rings. The maximum Gasteiger partial charge on any atom is 0.0209 e. The zero-order valence-corrected chi connectivity index (χ0v) is 9.71. The van der Waals surface area contributed by atoms with Crippen molar-refractivity contribution in [1.82, 2.24) is 9.80 Å². The van der Waals surface area contributed by atoms with Crippen molar-refractivity contribution in [3.05, 3.63) is 23.8 Å². The molecule has 0 bridgehead atoms. The van der Waals surface area contributed by atoms with Gasteiger partial charge in [-0.3, -0.25) is 4.90 Å². The molecule has 0 fully saturated rings. The number of allylic oxidation sites excluding steroid dienone is 1. The molecule has 0 aromatic heterocycles. The molecular formula is C12H22N2. The summed E-state index contributed by atoms with van der Waals surface area (Å²) in [6.07, 6.45) is 3.05. The van der Waals surface area contributed by atoms with E-state index in [-0.39, 0.29) is 0 Å². The minimum Gasteiger partial charge on any atom is -0.302 e. The summed E-state index contributed by atoms with van der Waals surface area (Å²) in [5, 5.41) is 0. The Kier molecular flexibility index (Phi) is 4.36. The monoisotopic (exact) mass is 194 g/mol. The second-order valence-electron chi connectivity index (χ2n) is 4.28. The average Bonchev–Trinajstić information content (AvgIpc) is 2.45. The Morgan fingerprint density at radius 1 is 1.07 bits per heavy atom. The van der Waals surface area contributed by atoms with Gasteiger partial charge in [0.25, 0.3) is 0 Å². The van der Waals surface area contributed by atoms with E-state index >= 15 is 0 Å². The molecule has 2 rings (SSSR count). The zero-order chi connectivity index (χ0) is 10.6. The Labute approximate surface area is 87.9 Å². The summed E-state index contributed by atoms with van der Waals surface area (Å²) in [6, 6.07) is 0. The summed E-state index contributed by atoms with van der Waals surface area (Å²) in [4.78, 5) is 4.82. The molecule has 14 heavy (non-hydrogen) atoms. The van der Waals surface area contributed by atoms with E-state index in [1.807, 2.05) is 6.92 Å². The second kappa shape index (κ2) is 5.32. The van der Waals surface area contributed by atoms with Gasteiger partial charge in [-0.25, -0.2) is 0 Å². The highest BCUT2D eigenvalue weighted by atomic mass is 15.2. The lowest BCUT2D eigenvalue weighted by molar-refractivity contribution is 0.348. The van der Waals surface area contributed by atoms with Crippen LogP contribution in [-0.4, -0.2) is 50.1 Å². The van der Waals surface area contributed by atoms with Crippen molar-refractivity contribution in [2.24, 2.45) is 0 Å². The number of rotatable bonds is 0. The van der Waals surface area contributed by atoms with Gasteiger partial charge in [-0.1, -0.05) is 11.6 Å². The SMILES string of the molecule is C=CC.CN1CCC2=C(C1)CN(C)C2. The van der Waals surface area contributed by atoms with Gasteiger partial charge >= 0.3 is 0 Å². The predicted octanol–water partition coefficient (Wildman–Crippen LogP) is 1.76. The topological polar surface area (TPSA) is 6.48 Å². The van der Waals surface area contributed by atoms with Gasteiger partial charge in [0.1, 0.15) is 0 Å². The Bertz CT molecular complexity index is 230. The molecule has 2 heteroatoms. The fraction of sp³-hybridized carbons (Fsp3) is 0.667. The van der Waals surface area contributed by atoms with Crippen LogP contribution in [0.4, 0.5) is 0 Å². The molecule has 2 nitrogen and oxygen atoms in total. The lowest BCUT2D eigenvalue weighted by Gasteiger charge is -2.23. The van der Waals surface area contributed by atoms with Crippen molar-refractivity contribution in [3.8, 4) is 0 Å². The average molecular weight is 194 g/mol. The molecule has 2 heterocycles. The number of hydrogen-bond acceptors (Lipinski definition) is 2. The highest BCUT2D eigenvalue weighted by Crippen LogP contribution is 2.23. The van der Waals surface area contributed by atoms with E-state index in [2.05, 4.69) is 30.5 Å². The van der Waals surface area contributed by atoms with E-state index < -0.39 is 0 Å². The van der Waals surface area contributed by atoms with Gasteiger partial charge < -0.3 is 4.90 Å². The summed E-state index contributed by atoms with van der Waals surface area (Å²) in [5.41, 5.74) is 3.40. The van der Waals surface area contributed by atoms with Crippen molar-refractivity contribution >= 4 is 0 Å². The molecule has 0 atom stereocenters. The first-order valence-electron chi connectivity index (χ1n) is 5.31. The molecule has 0 saturated carbocycles. The maximum atomic E-state index is 3.36. The van der Waals surface area contributed by atoms with E-state index in [1.54, 1.807) is 17.2 Å². The third kappa shape index (κ3) is 2.96. The minimum absolute atomic E-state index is 1.21. The minimum atomic E-state index is 1.21. The molecule has 0 unspecified atom stereocenters. The summed E-state index contributed by atoms with van der Waals surface area (Å²) in [5.74, 6) is 0. The van der Waals surface area contributed by atoms with Crippen LogP contribution in [0.1, 0.15) is 13.3 Å². The Morgan fingerprint density at radius 2 is 1.57 bits per heavy atom. The van der Waals surface area contributed by atoms with Crippen LogP contribution in [-0.2, 0) is 0 Å². The van der Waals surface area contributed by atoms with Crippen LogP contribution in [0.5, 0.6) is 0 Å². The molecule has 80 valence electrons. The van der Waals surface area contributed by atoms with Crippen LogP contribution in [0.25, 0.3) is 0 Å². The second-order valence-corrected chi connectivity index (χ2v) is 4.28. The molecule has 0 saturated heterocycles. The fourth-order valence-corrected chi connectivity index (χ4v) is 2.08. The number of nitrogens with zero attached hydrogens (tertiary/aromatic N) is 2. The van der Waals surface area contributed by atoms with Crippen molar-refractivity contribution < 1.29 is 0 Å². The molecule has 0 amide bonds. The first-order valence-corrected chi connectivity index (χ1v) is 5.31. The van der Waals surface area contributed by atoms with Gasteiger partial charge in [-0.05, 0) is 33.0 Å². The van der Waals surface area contributed by atoms with Crippen LogP contribution < -0.4 is 0 Å². The summed E-state index contributed by atoms with van der Waals surface area (Å²) in [7, 11) is 4.42. The highest BCUT2D eigenvalue weighted by Gasteiger charge is 2.22. The van der Waals surface area contributed by atoms with Crippen molar-refractivity contribution in [2.75, 3.05) is 40.3 Å². The zero-order valence-electron chi connectivity index (χ0n) is 9.71. The van der Waals surface area contributed by atoms with Crippen LogP contribution in [0.15, 0.2) is 23.8 Å². The van der Waals surface area contributed by atoms with Crippen molar-refractivity contribution in [1.29, 1.82) is 0 Å². The number of hydrogen-bond donors (Lipinski definition) is 0. The van der Waals surface area contributed by atoms with Crippen LogP contribution in [0.3, 0.4) is 0 Å². The van der Waals surface area contributed by atoms with Crippen LogP contribution >= 0.6 is 0 Å². The van der Waals surface area contributed by atoms with Crippen molar-refractivity contribution in [3.63, 3.8) is 0 Å². The van der Waals surface area contributed by atoms with E-state index in [1.165, 1.54) is 32.6 Å². The largest absolute Gasteiger partial charge is 0.302 e. The molecule has 0 spiro atoms. The first-order chi connectivity index (χ1) is 6.67. The highest BCUT2D eigenvalue weighted by molar-refractivity contribution is 5.26. The van der Waals surface area contributed by atoms with Crippen LogP contribution in [0.2, 0.25) is 0 Å².